The van der Waals surface area contributed by atoms with Crippen molar-refractivity contribution in [2.24, 2.45) is 0 Å². The monoisotopic (exact) mass is 290 g/mol. The summed E-state index contributed by atoms with van der Waals surface area (Å²) in [4.78, 5) is 0. The van der Waals surface area contributed by atoms with Crippen LogP contribution in [0.1, 0.15) is 22.6 Å². The molecular formula is C16H15FO4. The number of phenolic OH excluding ortho intramolecular Hbond substituents is 3. The second-order valence-corrected chi connectivity index (χ2v) is 5.40. The Bertz CT molecular complexity index is 699. The third-order valence-electron chi connectivity index (χ3n) is 4.02. The van der Waals surface area contributed by atoms with Gasteiger partial charge in [-0.3, -0.25) is 0 Å². The molecule has 0 saturated heterocycles. The molecule has 2 aromatic carbocycles. The highest BCUT2D eigenvalue weighted by molar-refractivity contribution is 5.48. The average molecular weight is 290 g/mol. The maximum absolute atomic E-state index is 13.1. The fourth-order valence-electron chi connectivity index (χ4n) is 2.94. The van der Waals surface area contributed by atoms with Crippen molar-refractivity contribution in [2.45, 2.75) is 24.9 Å². The summed E-state index contributed by atoms with van der Waals surface area (Å²) in [6.45, 7) is 0. The van der Waals surface area contributed by atoms with Crippen LogP contribution in [0.2, 0.25) is 0 Å². The van der Waals surface area contributed by atoms with Crippen molar-refractivity contribution >= 4 is 0 Å². The minimum Gasteiger partial charge on any atom is -0.508 e. The Morgan fingerprint density at radius 3 is 2.43 bits per heavy atom. The first-order chi connectivity index (χ1) is 9.95. The van der Waals surface area contributed by atoms with Crippen LogP contribution in [-0.2, 0) is 12.8 Å². The number of aliphatic hydroxyl groups excluding tert-OH is 1. The van der Waals surface area contributed by atoms with Crippen LogP contribution in [0.5, 0.6) is 17.2 Å². The van der Waals surface area contributed by atoms with E-state index < -0.39 is 17.7 Å². The molecule has 0 amide bonds. The van der Waals surface area contributed by atoms with Crippen molar-refractivity contribution in [1.82, 2.24) is 0 Å². The molecule has 4 nitrogen and oxygen atoms in total. The Hall–Kier alpha value is -2.27. The summed E-state index contributed by atoms with van der Waals surface area (Å²) < 4.78 is 13.1. The number of aliphatic hydroxyl groups is 1. The molecule has 110 valence electrons. The summed E-state index contributed by atoms with van der Waals surface area (Å²) in [5, 5.41) is 39.1. The Morgan fingerprint density at radius 2 is 1.71 bits per heavy atom. The first-order valence-electron chi connectivity index (χ1n) is 6.66. The van der Waals surface area contributed by atoms with E-state index in [1.54, 1.807) is 6.07 Å². The van der Waals surface area contributed by atoms with Crippen molar-refractivity contribution in [3.63, 3.8) is 0 Å². The SMILES string of the molecule is Oc1cc(O)c2c(c1)C[C@H](c1ccc(F)c(O)c1)[C@@H](O)C2. The fraction of sp³-hybridized carbons (Fsp3) is 0.250. The van der Waals surface area contributed by atoms with Crippen molar-refractivity contribution in [3.05, 3.63) is 52.8 Å². The molecule has 1 aliphatic rings. The second-order valence-electron chi connectivity index (χ2n) is 5.40. The van der Waals surface area contributed by atoms with E-state index in [0.29, 0.717) is 17.5 Å². The number of halogens is 1. The summed E-state index contributed by atoms with van der Waals surface area (Å²) in [6.07, 6.45) is -0.119. The summed E-state index contributed by atoms with van der Waals surface area (Å²) in [5.74, 6) is -1.57. The minimum absolute atomic E-state index is 0.0375. The van der Waals surface area contributed by atoms with Crippen molar-refractivity contribution in [3.8, 4) is 17.2 Å². The van der Waals surface area contributed by atoms with Gasteiger partial charge in [0.25, 0.3) is 0 Å². The van der Waals surface area contributed by atoms with Gasteiger partial charge in [0.2, 0.25) is 0 Å². The van der Waals surface area contributed by atoms with Gasteiger partial charge in [-0.1, -0.05) is 6.07 Å². The highest BCUT2D eigenvalue weighted by atomic mass is 19.1. The fourth-order valence-corrected chi connectivity index (χ4v) is 2.94. The molecule has 0 aromatic heterocycles. The first-order valence-corrected chi connectivity index (χ1v) is 6.66. The van der Waals surface area contributed by atoms with E-state index >= 15 is 0 Å². The molecule has 5 heteroatoms. The smallest absolute Gasteiger partial charge is 0.164 e. The predicted octanol–water partition coefficient (Wildman–Crippen LogP) is 2.19. The van der Waals surface area contributed by atoms with Gasteiger partial charge in [-0.25, -0.2) is 4.39 Å². The van der Waals surface area contributed by atoms with E-state index in [-0.39, 0.29) is 23.8 Å². The van der Waals surface area contributed by atoms with Gasteiger partial charge in [0.05, 0.1) is 6.10 Å². The zero-order valence-corrected chi connectivity index (χ0v) is 11.1. The van der Waals surface area contributed by atoms with Crippen LogP contribution >= 0.6 is 0 Å². The highest BCUT2D eigenvalue weighted by Crippen LogP contribution is 2.39. The molecule has 4 N–H and O–H groups in total. The third-order valence-corrected chi connectivity index (χ3v) is 4.02. The van der Waals surface area contributed by atoms with Crippen molar-refractivity contribution < 1.29 is 24.8 Å². The lowest BCUT2D eigenvalue weighted by molar-refractivity contribution is 0.134. The van der Waals surface area contributed by atoms with Crippen LogP contribution in [-0.4, -0.2) is 26.5 Å². The largest absolute Gasteiger partial charge is 0.508 e. The summed E-state index contributed by atoms with van der Waals surface area (Å²) in [6, 6.07) is 6.78. The van der Waals surface area contributed by atoms with E-state index in [1.807, 2.05) is 0 Å². The van der Waals surface area contributed by atoms with Gasteiger partial charge in [-0.15, -0.1) is 0 Å². The maximum Gasteiger partial charge on any atom is 0.164 e. The van der Waals surface area contributed by atoms with E-state index in [4.69, 9.17) is 0 Å². The van der Waals surface area contributed by atoms with Gasteiger partial charge in [-0.05, 0) is 41.3 Å². The van der Waals surface area contributed by atoms with E-state index in [2.05, 4.69) is 0 Å². The van der Waals surface area contributed by atoms with Gasteiger partial charge in [0.15, 0.2) is 11.6 Å². The zero-order chi connectivity index (χ0) is 15.1. The average Bonchev–Trinajstić information content (AvgIpc) is 2.42. The number of fused-ring (bicyclic) bond motifs is 1. The molecule has 21 heavy (non-hydrogen) atoms. The Balaban J connectivity index is 2.00. The van der Waals surface area contributed by atoms with E-state index in [0.717, 1.165) is 11.6 Å². The molecular weight excluding hydrogens is 275 g/mol. The molecule has 1 aliphatic carbocycles. The lowest BCUT2D eigenvalue weighted by Gasteiger charge is -2.30. The lowest BCUT2D eigenvalue weighted by Crippen LogP contribution is -2.28. The standard InChI is InChI=1S/C16H15FO4/c17-13-2-1-8(5-16(13)21)11-4-9-3-10(18)6-14(19)12(9)7-15(11)20/h1-3,5-6,11,15,18-21H,4,7H2/t11-,15+/m1/s1. The third kappa shape index (κ3) is 2.40. The first kappa shape index (κ1) is 13.7. The molecule has 0 saturated carbocycles. The molecule has 0 unspecified atom stereocenters. The molecule has 0 heterocycles. The normalized spacial score (nSPS) is 21.0. The van der Waals surface area contributed by atoms with Crippen molar-refractivity contribution in [2.75, 3.05) is 0 Å². The Labute approximate surface area is 120 Å². The Morgan fingerprint density at radius 1 is 0.952 bits per heavy atom. The van der Waals surface area contributed by atoms with Gasteiger partial charge >= 0.3 is 0 Å². The van der Waals surface area contributed by atoms with Crippen LogP contribution in [0.4, 0.5) is 4.39 Å². The minimum atomic E-state index is -0.752. The topological polar surface area (TPSA) is 80.9 Å². The van der Waals surface area contributed by atoms with Gasteiger partial charge in [0, 0.05) is 18.4 Å². The van der Waals surface area contributed by atoms with E-state index in [9.17, 15) is 24.8 Å². The predicted molar refractivity (Wildman–Crippen MR) is 74.0 cm³/mol. The summed E-state index contributed by atoms with van der Waals surface area (Å²) in [5.41, 5.74) is 1.98. The quantitative estimate of drug-likeness (QED) is 0.649. The van der Waals surface area contributed by atoms with Crippen LogP contribution in [0, 0.1) is 5.82 Å². The molecule has 0 aliphatic heterocycles. The molecule has 0 radical (unpaired) electrons. The number of hydrogen-bond acceptors (Lipinski definition) is 4. The molecule has 0 bridgehead atoms. The summed E-state index contributed by atoms with van der Waals surface area (Å²) >= 11 is 0. The van der Waals surface area contributed by atoms with E-state index in [1.165, 1.54) is 18.2 Å². The van der Waals surface area contributed by atoms with Crippen molar-refractivity contribution in [1.29, 1.82) is 0 Å². The molecule has 2 aromatic rings. The summed E-state index contributed by atoms with van der Waals surface area (Å²) in [7, 11) is 0. The zero-order valence-electron chi connectivity index (χ0n) is 11.1. The number of hydrogen-bond donors (Lipinski definition) is 4. The highest BCUT2D eigenvalue weighted by Gasteiger charge is 2.30. The number of rotatable bonds is 1. The van der Waals surface area contributed by atoms with Gasteiger partial charge in [-0.2, -0.15) is 0 Å². The van der Waals surface area contributed by atoms with Crippen LogP contribution in [0.3, 0.4) is 0 Å². The molecule has 0 fully saturated rings. The number of phenols is 3. The molecule has 2 atom stereocenters. The van der Waals surface area contributed by atoms with Gasteiger partial charge < -0.3 is 20.4 Å². The number of benzene rings is 2. The second kappa shape index (κ2) is 4.93. The maximum atomic E-state index is 13.1. The Kier molecular flexibility index (Phi) is 3.22. The van der Waals surface area contributed by atoms with Crippen LogP contribution in [0.25, 0.3) is 0 Å². The van der Waals surface area contributed by atoms with Crippen LogP contribution in [0.15, 0.2) is 30.3 Å². The molecule has 0 spiro atoms. The van der Waals surface area contributed by atoms with Crippen LogP contribution < -0.4 is 0 Å². The lowest BCUT2D eigenvalue weighted by atomic mass is 9.77. The van der Waals surface area contributed by atoms with Gasteiger partial charge in [0.1, 0.15) is 11.5 Å². The number of aromatic hydroxyl groups is 3. The molecule has 3 rings (SSSR count).